The highest BCUT2D eigenvalue weighted by molar-refractivity contribution is 5.89. The molecule has 0 spiro atoms. The molecular weight excluding hydrogens is 242 g/mol. The quantitative estimate of drug-likeness (QED) is 0.450. The Labute approximate surface area is 101 Å². The number of aromatic nitrogens is 2. The van der Waals surface area contributed by atoms with Gasteiger partial charge in [0.1, 0.15) is 18.0 Å². The number of aliphatic hydroxyl groups is 3. The van der Waals surface area contributed by atoms with Gasteiger partial charge in [0.2, 0.25) is 0 Å². The normalized spacial score (nSPS) is 31.8. The summed E-state index contributed by atoms with van der Waals surface area (Å²) in [5.41, 5.74) is 4.52. The number of hydrogen-bond donors (Lipinski definition) is 4. The first-order valence-corrected chi connectivity index (χ1v) is 5.32. The highest BCUT2D eigenvalue weighted by Gasteiger charge is 2.49. The van der Waals surface area contributed by atoms with E-state index in [0.717, 1.165) is 4.57 Å². The van der Waals surface area contributed by atoms with Crippen LogP contribution in [-0.2, 0) is 4.79 Å². The Morgan fingerprint density at radius 2 is 2.00 bits per heavy atom. The Morgan fingerprint density at radius 3 is 2.50 bits per heavy atom. The van der Waals surface area contributed by atoms with Crippen molar-refractivity contribution in [3.05, 3.63) is 22.7 Å². The monoisotopic (exact) mass is 255 g/mol. The first-order chi connectivity index (χ1) is 8.47. The number of nitrogens with two attached hydrogens (primary N) is 1. The van der Waals surface area contributed by atoms with Crippen molar-refractivity contribution in [2.24, 2.45) is 5.92 Å². The Kier molecular flexibility index (Phi) is 3.16. The van der Waals surface area contributed by atoms with Crippen molar-refractivity contribution in [3.63, 3.8) is 0 Å². The van der Waals surface area contributed by atoms with E-state index in [1.165, 1.54) is 12.3 Å². The summed E-state index contributed by atoms with van der Waals surface area (Å²) in [5.74, 6) is -1.71. The van der Waals surface area contributed by atoms with E-state index >= 15 is 0 Å². The third-order valence-electron chi connectivity index (χ3n) is 3.09. The van der Waals surface area contributed by atoms with Crippen LogP contribution in [0, 0.1) is 5.92 Å². The molecular formula is C10H13N3O5. The number of hydrogen-bond acceptors (Lipinski definition) is 7. The van der Waals surface area contributed by atoms with Gasteiger partial charge in [-0.25, -0.2) is 4.79 Å². The largest absolute Gasteiger partial charge is 0.396 e. The number of carbonyl (C=O) groups excluding carboxylic acids is 1. The zero-order chi connectivity index (χ0) is 13.4. The molecule has 0 radical (unpaired) electrons. The molecule has 1 aromatic heterocycles. The second-order valence-electron chi connectivity index (χ2n) is 4.16. The first-order valence-electron chi connectivity index (χ1n) is 5.32. The number of carbonyl (C=O) groups is 1. The molecule has 1 saturated carbocycles. The molecule has 1 aliphatic rings. The molecule has 1 aliphatic carbocycles. The standard InChI is InChI=1S/C10H13N3O5/c11-5-1-2-13(10(18)12-5)6-7(15)4(3-14)8(16)9(6)17/h1-2,4,6,8-9,14,16-17H,3H2,(H2,11,12,18). The van der Waals surface area contributed by atoms with Crippen LogP contribution in [0.4, 0.5) is 5.82 Å². The van der Waals surface area contributed by atoms with Gasteiger partial charge in [0, 0.05) is 6.20 Å². The van der Waals surface area contributed by atoms with Crippen molar-refractivity contribution >= 4 is 11.6 Å². The number of aliphatic hydroxyl groups excluding tert-OH is 3. The molecule has 0 aromatic carbocycles. The molecule has 8 nitrogen and oxygen atoms in total. The fraction of sp³-hybridized carbons (Fsp3) is 0.500. The minimum atomic E-state index is -1.46. The highest BCUT2D eigenvalue weighted by atomic mass is 16.3. The third kappa shape index (κ3) is 1.80. The van der Waals surface area contributed by atoms with Crippen LogP contribution in [0.15, 0.2) is 17.1 Å². The van der Waals surface area contributed by atoms with Crippen LogP contribution in [0.2, 0.25) is 0 Å². The SMILES string of the molecule is Nc1ccn(C2C(=O)C(CO)C(O)C2O)c(=O)n1. The number of nitrogens with zero attached hydrogens (tertiary/aromatic N) is 2. The van der Waals surface area contributed by atoms with Gasteiger partial charge >= 0.3 is 5.69 Å². The summed E-state index contributed by atoms with van der Waals surface area (Å²) >= 11 is 0. The van der Waals surface area contributed by atoms with Crippen molar-refractivity contribution in [1.29, 1.82) is 0 Å². The molecule has 0 amide bonds. The van der Waals surface area contributed by atoms with Gasteiger partial charge in [-0.15, -0.1) is 0 Å². The Morgan fingerprint density at radius 1 is 1.33 bits per heavy atom. The van der Waals surface area contributed by atoms with Crippen molar-refractivity contribution in [2.45, 2.75) is 18.2 Å². The van der Waals surface area contributed by atoms with E-state index in [1.807, 2.05) is 0 Å². The second-order valence-corrected chi connectivity index (χ2v) is 4.16. The molecule has 1 aromatic rings. The molecule has 0 saturated heterocycles. The third-order valence-corrected chi connectivity index (χ3v) is 3.09. The van der Waals surface area contributed by atoms with Crippen LogP contribution in [0.1, 0.15) is 6.04 Å². The van der Waals surface area contributed by atoms with Crippen LogP contribution >= 0.6 is 0 Å². The Bertz CT molecular complexity index is 528. The molecule has 1 heterocycles. The summed E-state index contributed by atoms with van der Waals surface area (Å²) < 4.78 is 0.905. The van der Waals surface area contributed by atoms with Crippen molar-refractivity contribution in [1.82, 2.24) is 9.55 Å². The van der Waals surface area contributed by atoms with E-state index in [4.69, 9.17) is 10.8 Å². The van der Waals surface area contributed by atoms with Crippen LogP contribution in [-0.4, -0.2) is 49.5 Å². The van der Waals surface area contributed by atoms with E-state index in [2.05, 4.69) is 4.98 Å². The van der Waals surface area contributed by atoms with Gasteiger partial charge in [-0.3, -0.25) is 9.36 Å². The zero-order valence-corrected chi connectivity index (χ0v) is 9.30. The van der Waals surface area contributed by atoms with Gasteiger partial charge in [0.15, 0.2) is 5.78 Å². The van der Waals surface area contributed by atoms with Crippen molar-refractivity contribution < 1.29 is 20.1 Å². The summed E-state index contributed by atoms with van der Waals surface area (Å²) in [4.78, 5) is 26.9. The van der Waals surface area contributed by atoms with Crippen molar-refractivity contribution in [2.75, 3.05) is 12.3 Å². The first kappa shape index (κ1) is 12.7. The molecule has 0 aliphatic heterocycles. The van der Waals surface area contributed by atoms with Gasteiger partial charge in [-0.2, -0.15) is 4.98 Å². The van der Waals surface area contributed by atoms with E-state index in [0.29, 0.717) is 0 Å². The molecule has 0 bridgehead atoms. The number of anilines is 1. The lowest BCUT2D eigenvalue weighted by molar-refractivity contribution is -0.125. The molecule has 18 heavy (non-hydrogen) atoms. The maximum absolute atomic E-state index is 11.9. The molecule has 2 rings (SSSR count). The van der Waals surface area contributed by atoms with E-state index in [9.17, 15) is 19.8 Å². The second kappa shape index (κ2) is 4.48. The summed E-state index contributed by atoms with van der Waals surface area (Å²) in [5, 5.41) is 28.4. The number of Topliss-reactive ketones (excluding diaryl/α,β-unsaturated/α-hetero) is 1. The summed E-state index contributed by atoms with van der Waals surface area (Å²) in [6.07, 6.45) is -1.64. The van der Waals surface area contributed by atoms with Gasteiger partial charge in [0.05, 0.1) is 18.6 Å². The average molecular weight is 255 g/mol. The number of rotatable bonds is 2. The topological polar surface area (TPSA) is 139 Å². The van der Waals surface area contributed by atoms with Crippen LogP contribution in [0.25, 0.3) is 0 Å². The smallest absolute Gasteiger partial charge is 0.350 e. The predicted molar refractivity (Wildman–Crippen MR) is 59.5 cm³/mol. The molecule has 98 valence electrons. The lowest BCUT2D eigenvalue weighted by Crippen LogP contribution is -2.36. The summed E-state index contributed by atoms with van der Waals surface area (Å²) in [6, 6.07) is 0.0535. The van der Waals surface area contributed by atoms with Crippen LogP contribution in [0.5, 0.6) is 0 Å². The predicted octanol–water partition coefficient (Wildman–Crippen LogP) is -2.72. The van der Waals surface area contributed by atoms with Gasteiger partial charge < -0.3 is 21.1 Å². The lowest BCUT2D eigenvalue weighted by atomic mass is 10.1. The maximum Gasteiger partial charge on any atom is 0.350 e. The van der Waals surface area contributed by atoms with Gasteiger partial charge in [-0.05, 0) is 6.07 Å². The molecule has 4 unspecified atom stereocenters. The fourth-order valence-electron chi connectivity index (χ4n) is 2.12. The Balaban J connectivity index is 2.45. The lowest BCUT2D eigenvalue weighted by Gasteiger charge is -2.16. The van der Waals surface area contributed by atoms with E-state index < -0.39 is 42.2 Å². The average Bonchev–Trinajstić information content (AvgIpc) is 2.52. The summed E-state index contributed by atoms with van der Waals surface area (Å²) in [7, 11) is 0. The van der Waals surface area contributed by atoms with E-state index in [-0.39, 0.29) is 5.82 Å². The Hall–Kier alpha value is -1.77. The molecule has 4 atom stereocenters. The van der Waals surface area contributed by atoms with Crippen LogP contribution in [0.3, 0.4) is 0 Å². The zero-order valence-electron chi connectivity index (χ0n) is 9.30. The molecule has 8 heteroatoms. The van der Waals surface area contributed by atoms with Gasteiger partial charge in [-0.1, -0.05) is 0 Å². The maximum atomic E-state index is 11.9. The number of nitrogen functional groups attached to an aromatic ring is 1. The summed E-state index contributed by atoms with van der Waals surface area (Å²) in [6.45, 7) is -0.593. The van der Waals surface area contributed by atoms with Crippen LogP contribution < -0.4 is 11.4 Å². The number of ketones is 1. The molecule has 1 fully saturated rings. The highest BCUT2D eigenvalue weighted by Crippen LogP contribution is 2.30. The minimum absolute atomic E-state index is 0.00422. The van der Waals surface area contributed by atoms with Gasteiger partial charge in [0.25, 0.3) is 0 Å². The fourth-order valence-corrected chi connectivity index (χ4v) is 2.12. The van der Waals surface area contributed by atoms with Crippen molar-refractivity contribution in [3.8, 4) is 0 Å². The molecule has 5 N–H and O–H groups in total. The van der Waals surface area contributed by atoms with E-state index in [1.54, 1.807) is 0 Å². The minimum Gasteiger partial charge on any atom is -0.396 e.